The maximum absolute atomic E-state index is 12.7. The highest BCUT2D eigenvalue weighted by Gasteiger charge is 2.37. The van der Waals surface area contributed by atoms with Gasteiger partial charge in [-0.1, -0.05) is 26.0 Å². The average Bonchev–Trinajstić information content (AvgIpc) is 3.04. The van der Waals surface area contributed by atoms with Crippen LogP contribution in [0.4, 0.5) is 0 Å². The van der Waals surface area contributed by atoms with Gasteiger partial charge in [0.15, 0.2) is 5.78 Å². The van der Waals surface area contributed by atoms with Gasteiger partial charge in [0.1, 0.15) is 0 Å². The molecule has 2 aromatic heterocycles. The number of pyridine rings is 1. The molecule has 120 valence electrons. The maximum atomic E-state index is 12.7. The first kappa shape index (κ1) is 16.1. The van der Waals surface area contributed by atoms with Crippen molar-refractivity contribution in [1.29, 1.82) is 0 Å². The number of rotatable bonds is 4. The fourth-order valence-electron chi connectivity index (χ4n) is 3.07. The molecular weight excluding hydrogens is 304 g/mol. The van der Waals surface area contributed by atoms with E-state index in [-0.39, 0.29) is 11.2 Å². The molecule has 1 aliphatic rings. The third kappa shape index (κ3) is 3.95. The highest BCUT2D eigenvalue weighted by atomic mass is 32.1. The molecule has 0 amide bonds. The van der Waals surface area contributed by atoms with E-state index < -0.39 is 0 Å². The molecule has 4 heteroatoms. The second kappa shape index (κ2) is 6.77. The molecule has 0 bridgehead atoms. The molecule has 3 rings (SSSR count). The van der Waals surface area contributed by atoms with Gasteiger partial charge in [0.25, 0.3) is 0 Å². The number of thiophene rings is 1. The summed E-state index contributed by atoms with van der Waals surface area (Å²) < 4.78 is 0. The van der Waals surface area contributed by atoms with E-state index in [1.165, 1.54) is 4.88 Å². The molecule has 0 radical (unpaired) electrons. The lowest BCUT2D eigenvalue weighted by Gasteiger charge is -2.38. The van der Waals surface area contributed by atoms with Gasteiger partial charge in [-0.25, -0.2) is 0 Å². The highest BCUT2D eigenvalue weighted by Crippen LogP contribution is 2.29. The Hall–Kier alpha value is -1.78. The normalized spacial score (nSPS) is 20.1. The number of carbonyl (C=O) groups is 1. The predicted molar refractivity (Wildman–Crippen MR) is 95.5 cm³/mol. The third-order valence-electron chi connectivity index (χ3n) is 4.18. The summed E-state index contributed by atoms with van der Waals surface area (Å²) in [4.78, 5) is 20.8. The van der Waals surface area contributed by atoms with Crippen LogP contribution < -0.4 is 0 Å². The minimum absolute atomic E-state index is 0.246. The largest absolute Gasteiger partial charge is 0.298 e. The fraction of sp³-hybridized carbons (Fsp3) is 0.368. The van der Waals surface area contributed by atoms with Crippen LogP contribution in [0.2, 0.25) is 0 Å². The number of hydrogen-bond acceptors (Lipinski definition) is 4. The molecule has 0 unspecified atom stereocenters. The number of ketones is 1. The first-order valence-corrected chi connectivity index (χ1v) is 8.84. The number of Topliss-reactive ketones (excluding diaryl/α,β-unsaturated/α-hetero) is 1. The van der Waals surface area contributed by atoms with Crippen LogP contribution >= 0.6 is 11.3 Å². The molecule has 0 atom stereocenters. The van der Waals surface area contributed by atoms with Gasteiger partial charge >= 0.3 is 0 Å². The molecule has 0 spiro atoms. The predicted octanol–water partition coefficient (Wildman–Crippen LogP) is 3.68. The number of hydrogen-bond donors (Lipinski definition) is 0. The Labute approximate surface area is 141 Å². The Bertz CT molecular complexity index is 689. The number of likely N-dealkylation sites (tertiary alicyclic amines) is 1. The third-order valence-corrected chi connectivity index (χ3v) is 5.12. The smallest absolute Gasteiger partial charge is 0.167 e. The van der Waals surface area contributed by atoms with Crippen molar-refractivity contribution in [2.24, 2.45) is 5.41 Å². The zero-order valence-electron chi connectivity index (χ0n) is 13.7. The SMILES string of the molecule is CC1(C)CN(CCc2cccs2)CC(=Cc2ccccn2)C1=O. The summed E-state index contributed by atoms with van der Waals surface area (Å²) in [5.41, 5.74) is 1.38. The van der Waals surface area contributed by atoms with Crippen LogP contribution in [0.25, 0.3) is 6.08 Å². The molecule has 3 heterocycles. The molecule has 23 heavy (non-hydrogen) atoms. The van der Waals surface area contributed by atoms with Crippen molar-refractivity contribution in [2.45, 2.75) is 20.3 Å². The topological polar surface area (TPSA) is 33.2 Å². The monoisotopic (exact) mass is 326 g/mol. The van der Waals surface area contributed by atoms with Crippen LogP contribution in [0.15, 0.2) is 47.5 Å². The standard InChI is InChI=1S/C19H22N2OS/c1-19(2)14-21(10-8-17-7-5-11-23-17)13-15(18(19)22)12-16-6-3-4-9-20-16/h3-7,9,11-12H,8,10,13-14H2,1-2H3. The Morgan fingerprint density at radius 3 is 2.87 bits per heavy atom. The van der Waals surface area contributed by atoms with Gasteiger partial charge in [0.2, 0.25) is 0 Å². The zero-order chi connectivity index (χ0) is 16.3. The van der Waals surface area contributed by atoms with Crippen molar-refractivity contribution in [3.8, 4) is 0 Å². The molecule has 1 aliphatic heterocycles. The minimum Gasteiger partial charge on any atom is -0.298 e. The Morgan fingerprint density at radius 2 is 2.17 bits per heavy atom. The first-order valence-electron chi connectivity index (χ1n) is 7.96. The lowest BCUT2D eigenvalue weighted by molar-refractivity contribution is -0.126. The van der Waals surface area contributed by atoms with Crippen molar-refractivity contribution in [3.05, 3.63) is 58.1 Å². The lowest BCUT2D eigenvalue weighted by Crippen LogP contribution is -2.48. The second-order valence-electron chi connectivity index (χ2n) is 6.68. The summed E-state index contributed by atoms with van der Waals surface area (Å²) in [6, 6.07) is 10.1. The van der Waals surface area contributed by atoms with E-state index >= 15 is 0 Å². The Morgan fingerprint density at radius 1 is 1.30 bits per heavy atom. The summed E-state index contributed by atoms with van der Waals surface area (Å²) in [5.74, 6) is 0.246. The van der Waals surface area contributed by atoms with Crippen molar-refractivity contribution < 1.29 is 4.79 Å². The van der Waals surface area contributed by atoms with Crippen LogP contribution in [0, 0.1) is 5.41 Å². The van der Waals surface area contributed by atoms with Gasteiger partial charge in [-0.3, -0.25) is 14.7 Å². The molecule has 0 aromatic carbocycles. The second-order valence-corrected chi connectivity index (χ2v) is 7.71. The van der Waals surface area contributed by atoms with Gasteiger partial charge in [0.05, 0.1) is 5.69 Å². The highest BCUT2D eigenvalue weighted by molar-refractivity contribution is 7.09. The van der Waals surface area contributed by atoms with Gasteiger partial charge in [-0.2, -0.15) is 0 Å². The molecule has 2 aromatic rings. The van der Waals surface area contributed by atoms with Crippen LogP contribution in [0.3, 0.4) is 0 Å². The molecule has 0 aliphatic carbocycles. The number of piperidine rings is 1. The van der Waals surface area contributed by atoms with Crippen LogP contribution in [-0.4, -0.2) is 35.3 Å². The van der Waals surface area contributed by atoms with Crippen molar-refractivity contribution in [1.82, 2.24) is 9.88 Å². The Kier molecular flexibility index (Phi) is 4.74. The maximum Gasteiger partial charge on any atom is 0.167 e. The molecule has 0 saturated carbocycles. The van der Waals surface area contributed by atoms with Crippen LogP contribution in [0.1, 0.15) is 24.4 Å². The molecule has 3 nitrogen and oxygen atoms in total. The Balaban J connectivity index is 1.76. The summed E-state index contributed by atoms with van der Waals surface area (Å²) >= 11 is 1.80. The number of aromatic nitrogens is 1. The van der Waals surface area contributed by atoms with E-state index in [0.717, 1.165) is 30.8 Å². The van der Waals surface area contributed by atoms with Gasteiger partial charge in [-0.05, 0) is 36.1 Å². The van der Waals surface area contributed by atoms with Crippen LogP contribution in [-0.2, 0) is 11.2 Å². The van der Waals surface area contributed by atoms with Crippen molar-refractivity contribution in [2.75, 3.05) is 19.6 Å². The van der Waals surface area contributed by atoms with Gasteiger partial charge in [-0.15, -0.1) is 11.3 Å². The average molecular weight is 326 g/mol. The van der Waals surface area contributed by atoms with Crippen molar-refractivity contribution in [3.63, 3.8) is 0 Å². The quantitative estimate of drug-likeness (QED) is 0.804. The number of nitrogens with zero attached hydrogens (tertiary/aromatic N) is 2. The van der Waals surface area contributed by atoms with E-state index in [0.29, 0.717) is 6.54 Å². The molecule has 0 N–H and O–H groups in total. The summed E-state index contributed by atoms with van der Waals surface area (Å²) in [7, 11) is 0. The molecule has 1 saturated heterocycles. The van der Waals surface area contributed by atoms with E-state index in [1.807, 2.05) is 38.1 Å². The van der Waals surface area contributed by atoms with E-state index in [1.54, 1.807) is 17.5 Å². The molecule has 1 fully saturated rings. The van der Waals surface area contributed by atoms with E-state index in [4.69, 9.17) is 0 Å². The molecular formula is C19H22N2OS. The van der Waals surface area contributed by atoms with E-state index in [2.05, 4.69) is 27.4 Å². The van der Waals surface area contributed by atoms with Gasteiger partial charge in [0, 0.05) is 41.7 Å². The minimum atomic E-state index is -0.339. The van der Waals surface area contributed by atoms with Crippen LogP contribution in [0.5, 0.6) is 0 Å². The summed E-state index contributed by atoms with van der Waals surface area (Å²) in [6.45, 7) is 6.59. The van der Waals surface area contributed by atoms with Gasteiger partial charge < -0.3 is 0 Å². The summed E-state index contributed by atoms with van der Waals surface area (Å²) in [5, 5.41) is 2.12. The lowest BCUT2D eigenvalue weighted by atomic mass is 9.79. The zero-order valence-corrected chi connectivity index (χ0v) is 14.5. The fourth-order valence-corrected chi connectivity index (χ4v) is 3.76. The summed E-state index contributed by atoms with van der Waals surface area (Å²) in [6.07, 6.45) is 4.75. The van der Waals surface area contributed by atoms with E-state index in [9.17, 15) is 4.79 Å². The number of carbonyl (C=O) groups excluding carboxylic acids is 1. The van der Waals surface area contributed by atoms with Crippen molar-refractivity contribution >= 4 is 23.2 Å². The first-order chi connectivity index (χ1) is 11.0.